The lowest BCUT2D eigenvalue weighted by atomic mass is 9.92. The third-order valence-corrected chi connectivity index (χ3v) is 6.29. The molecule has 2 aliphatic heterocycles. The van der Waals surface area contributed by atoms with Crippen LogP contribution < -0.4 is 0 Å². The molecule has 1 aromatic carbocycles. The summed E-state index contributed by atoms with van der Waals surface area (Å²) >= 11 is 0. The second-order valence-electron chi connectivity index (χ2n) is 8.37. The van der Waals surface area contributed by atoms with E-state index in [4.69, 9.17) is 0 Å². The average Bonchev–Trinajstić information content (AvgIpc) is 2.97. The Bertz CT molecular complexity index is 568. The van der Waals surface area contributed by atoms with Gasteiger partial charge in [-0.05, 0) is 57.3 Å². The van der Waals surface area contributed by atoms with Crippen LogP contribution in [0.25, 0.3) is 0 Å². The van der Waals surface area contributed by atoms with Crippen molar-refractivity contribution in [1.82, 2.24) is 14.7 Å². The van der Waals surface area contributed by atoms with E-state index in [0.29, 0.717) is 5.91 Å². The molecular weight excluding hydrogens is 322 g/mol. The number of nitrogens with zero attached hydrogens (tertiary/aromatic N) is 3. The zero-order valence-corrected chi connectivity index (χ0v) is 16.7. The van der Waals surface area contributed by atoms with E-state index in [-0.39, 0.29) is 5.92 Å². The van der Waals surface area contributed by atoms with Gasteiger partial charge in [0, 0.05) is 38.6 Å². The van der Waals surface area contributed by atoms with Crippen LogP contribution in [0.1, 0.15) is 32.3 Å². The molecule has 4 heteroatoms. The second-order valence-corrected chi connectivity index (χ2v) is 8.37. The van der Waals surface area contributed by atoms with E-state index in [1.807, 2.05) is 23.1 Å². The number of hydrogen-bond donors (Lipinski definition) is 0. The third-order valence-electron chi connectivity index (χ3n) is 6.29. The number of piperidine rings is 1. The van der Waals surface area contributed by atoms with Crippen LogP contribution in [-0.2, 0) is 11.3 Å². The molecule has 1 aromatic rings. The highest BCUT2D eigenvalue weighted by Crippen LogP contribution is 2.26. The molecule has 0 N–H and O–H groups in total. The van der Waals surface area contributed by atoms with Crippen LogP contribution in [-0.4, -0.2) is 66.9 Å². The van der Waals surface area contributed by atoms with E-state index in [1.165, 1.54) is 25.2 Å². The van der Waals surface area contributed by atoms with Crippen molar-refractivity contribution in [3.05, 3.63) is 35.9 Å². The number of carbonyl (C=O) groups is 1. The van der Waals surface area contributed by atoms with Gasteiger partial charge in [-0.3, -0.25) is 4.79 Å². The third kappa shape index (κ3) is 4.86. The summed E-state index contributed by atoms with van der Waals surface area (Å²) in [6.45, 7) is 11.8. The highest BCUT2D eigenvalue weighted by atomic mass is 16.2. The first-order valence-corrected chi connectivity index (χ1v) is 10.3. The van der Waals surface area contributed by atoms with Gasteiger partial charge in [-0.25, -0.2) is 0 Å². The van der Waals surface area contributed by atoms with Crippen molar-refractivity contribution in [3.63, 3.8) is 0 Å². The maximum Gasteiger partial charge on any atom is 0.226 e. The smallest absolute Gasteiger partial charge is 0.226 e. The molecule has 1 unspecified atom stereocenters. The minimum absolute atomic E-state index is 0.207. The summed E-state index contributed by atoms with van der Waals surface area (Å²) in [5.41, 5.74) is 1.22. The van der Waals surface area contributed by atoms with E-state index in [9.17, 15) is 4.79 Å². The second kappa shape index (κ2) is 9.01. The largest absolute Gasteiger partial charge is 0.338 e. The van der Waals surface area contributed by atoms with Gasteiger partial charge in [-0.1, -0.05) is 37.3 Å². The molecule has 2 atom stereocenters. The molecule has 4 nitrogen and oxygen atoms in total. The molecule has 0 bridgehead atoms. The zero-order valence-electron chi connectivity index (χ0n) is 16.7. The number of amides is 1. The predicted molar refractivity (Wildman–Crippen MR) is 107 cm³/mol. The number of carbonyl (C=O) groups excluding carboxylic acids is 1. The van der Waals surface area contributed by atoms with Crippen molar-refractivity contribution in [3.8, 4) is 0 Å². The Balaban J connectivity index is 1.48. The summed E-state index contributed by atoms with van der Waals surface area (Å²) in [6, 6.07) is 10.3. The molecule has 26 heavy (non-hydrogen) atoms. The lowest BCUT2D eigenvalue weighted by Gasteiger charge is -2.35. The molecule has 0 saturated carbocycles. The Morgan fingerprint density at radius 3 is 2.42 bits per heavy atom. The fourth-order valence-electron chi connectivity index (χ4n) is 4.63. The van der Waals surface area contributed by atoms with E-state index < -0.39 is 0 Å². The molecule has 2 saturated heterocycles. The Hall–Kier alpha value is -1.39. The zero-order chi connectivity index (χ0) is 18.5. The van der Waals surface area contributed by atoms with Crippen LogP contribution in [0.3, 0.4) is 0 Å². The fourth-order valence-corrected chi connectivity index (χ4v) is 4.63. The van der Waals surface area contributed by atoms with Crippen molar-refractivity contribution in [2.45, 2.75) is 33.2 Å². The van der Waals surface area contributed by atoms with E-state index in [1.54, 1.807) is 0 Å². The minimum Gasteiger partial charge on any atom is -0.338 e. The molecule has 3 rings (SSSR count). The van der Waals surface area contributed by atoms with Crippen LogP contribution in [0.5, 0.6) is 0 Å². The molecule has 144 valence electrons. The summed E-state index contributed by atoms with van der Waals surface area (Å²) in [5.74, 6) is 2.14. The highest BCUT2D eigenvalue weighted by Gasteiger charge is 2.32. The van der Waals surface area contributed by atoms with Crippen molar-refractivity contribution in [2.24, 2.45) is 17.8 Å². The fraction of sp³-hybridized carbons (Fsp3) is 0.682. The molecule has 0 radical (unpaired) electrons. The van der Waals surface area contributed by atoms with Crippen LogP contribution in [0.4, 0.5) is 0 Å². The molecule has 0 aromatic heterocycles. The SMILES string of the molecule is CCN(Cc1ccccc1)C(=O)C1CCN(C[C@H]2CN(C)CC2C)CC1. The first kappa shape index (κ1) is 19.4. The van der Waals surface area contributed by atoms with Crippen LogP contribution in [0.2, 0.25) is 0 Å². The average molecular weight is 358 g/mol. The lowest BCUT2D eigenvalue weighted by Crippen LogP contribution is -2.44. The number of likely N-dealkylation sites (tertiary alicyclic amines) is 2. The molecule has 2 aliphatic rings. The Kier molecular flexibility index (Phi) is 6.71. The van der Waals surface area contributed by atoms with Gasteiger partial charge in [0.15, 0.2) is 0 Å². The Morgan fingerprint density at radius 1 is 1.15 bits per heavy atom. The number of rotatable bonds is 6. The Labute approximate surface area is 159 Å². The van der Waals surface area contributed by atoms with Gasteiger partial charge in [0.1, 0.15) is 0 Å². The van der Waals surface area contributed by atoms with E-state index in [2.05, 4.69) is 42.8 Å². The van der Waals surface area contributed by atoms with Gasteiger partial charge >= 0.3 is 0 Å². The molecule has 1 amide bonds. The van der Waals surface area contributed by atoms with Crippen molar-refractivity contribution < 1.29 is 4.79 Å². The standard InChI is InChI=1S/C22H35N3O/c1-4-25(15-19-8-6-5-7-9-19)22(26)20-10-12-24(13-11-20)17-21-16-23(3)14-18(21)2/h5-9,18,20-21H,4,10-17H2,1-3H3/t18?,21-/m1/s1. The maximum absolute atomic E-state index is 13.0. The topological polar surface area (TPSA) is 26.8 Å². The molecular formula is C22H35N3O. The molecule has 0 aliphatic carbocycles. The maximum atomic E-state index is 13.0. The highest BCUT2D eigenvalue weighted by molar-refractivity contribution is 5.79. The van der Waals surface area contributed by atoms with Gasteiger partial charge in [0.2, 0.25) is 5.91 Å². The van der Waals surface area contributed by atoms with Gasteiger partial charge < -0.3 is 14.7 Å². The monoisotopic (exact) mass is 357 g/mol. The van der Waals surface area contributed by atoms with E-state index >= 15 is 0 Å². The minimum atomic E-state index is 0.207. The van der Waals surface area contributed by atoms with Gasteiger partial charge in [-0.15, -0.1) is 0 Å². The summed E-state index contributed by atoms with van der Waals surface area (Å²) in [7, 11) is 2.23. The summed E-state index contributed by atoms with van der Waals surface area (Å²) < 4.78 is 0. The van der Waals surface area contributed by atoms with Crippen molar-refractivity contribution in [2.75, 3.05) is 46.3 Å². The van der Waals surface area contributed by atoms with E-state index in [0.717, 1.165) is 50.9 Å². The molecule has 2 fully saturated rings. The van der Waals surface area contributed by atoms with Crippen molar-refractivity contribution >= 4 is 5.91 Å². The number of benzene rings is 1. The molecule has 0 spiro atoms. The Morgan fingerprint density at radius 2 is 1.85 bits per heavy atom. The predicted octanol–water partition coefficient (Wildman–Crippen LogP) is 2.94. The van der Waals surface area contributed by atoms with Gasteiger partial charge in [0.05, 0.1) is 0 Å². The summed E-state index contributed by atoms with van der Waals surface area (Å²) in [6.07, 6.45) is 2.03. The normalized spacial score (nSPS) is 25.5. The summed E-state index contributed by atoms with van der Waals surface area (Å²) in [5, 5.41) is 0. The molecule has 2 heterocycles. The first-order valence-electron chi connectivity index (χ1n) is 10.3. The van der Waals surface area contributed by atoms with Gasteiger partial charge in [0.25, 0.3) is 0 Å². The van der Waals surface area contributed by atoms with Gasteiger partial charge in [-0.2, -0.15) is 0 Å². The summed E-state index contributed by atoms with van der Waals surface area (Å²) in [4.78, 5) is 20.1. The van der Waals surface area contributed by atoms with Crippen molar-refractivity contribution in [1.29, 1.82) is 0 Å². The quantitative estimate of drug-likeness (QED) is 0.783. The van der Waals surface area contributed by atoms with Crippen LogP contribution >= 0.6 is 0 Å². The number of hydrogen-bond acceptors (Lipinski definition) is 3. The first-order chi connectivity index (χ1) is 12.6. The lowest BCUT2D eigenvalue weighted by molar-refractivity contribution is -0.137. The van der Waals surface area contributed by atoms with Crippen LogP contribution in [0, 0.1) is 17.8 Å². The van der Waals surface area contributed by atoms with Crippen LogP contribution in [0.15, 0.2) is 30.3 Å².